The third kappa shape index (κ3) is 7.43. The summed E-state index contributed by atoms with van der Waals surface area (Å²) in [4.78, 5) is 38.9. The smallest absolute Gasteiger partial charge is 0.273 e. The van der Waals surface area contributed by atoms with Crippen molar-refractivity contribution in [2.75, 3.05) is 24.5 Å². The average molecular weight is 597 g/mol. The highest BCUT2D eigenvalue weighted by Crippen LogP contribution is 2.29. The largest absolute Gasteiger partial charge is 0.497 e. The summed E-state index contributed by atoms with van der Waals surface area (Å²) in [6, 6.07) is 16.2. The molecular formula is C30H36N4O7S. The number of sulfonamides is 1. The van der Waals surface area contributed by atoms with Gasteiger partial charge < -0.3 is 15.0 Å². The first kappa shape index (κ1) is 32.1. The number of methoxy groups -OCH3 is 1. The molecular weight excluding hydrogens is 560 g/mol. The second kappa shape index (κ2) is 13.9. The van der Waals surface area contributed by atoms with Crippen molar-refractivity contribution in [1.82, 2.24) is 10.2 Å². The molecule has 0 unspecified atom stereocenters. The Morgan fingerprint density at radius 2 is 1.69 bits per heavy atom. The highest BCUT2D eigenvalue weighted by molar-refractivity contribution is 7.92. The molecule has 0 saturated carbocycles. The average Bonchev–Trinajstić information content (AvgIpc) is 2.97. The van der Waals surface area contributed by atoms with E-state index in [9.17, 15) is 28.1 Å². The predicted molar refractivity (Wildman–Crippen MR) is 160 cm³/mol. The van der Waals surface area contributed by atoms with Crippen LogP contribution in [0.15, 0.2) is 71.6 Å². The lowest BCUT2D eigenvalue weighted by molar-refractivity contribution is -0.385. The molecule has 1 atom stereocenters. The number of carbonyl (C=O) groups excluding carboxylic acids is 2. The lowest BCUT2D eigenvalue weighted by Gasteiger charge is -2.32. The van der Waals surface area contributed by atoms with Crippen molar-refractivity contribution < 1.29 is 27.7 Å². The van der Waals surface area contributed by atoms with Gasteiger partial charge in [-0.2, -0.15) is 0 Å². The van der Waals surface area contributed by atoms with E-state index in [1.165, 1.54) is 43.2 Å². The maximum Gasteiger partial charge on any atom is 0.273 e. The van der Waals surface area contributed by atoms with Gasteiger partial charge in [0, 0.05) is 24.7 Å². The normalized spacial score (nSPS) is 11.8. The second-order valence-corrected chi connectivity index (χ2v) is 11.7. The van der Waals surface area contributed by atoms with Crippen LogP contribution in [0.3, 0.4) is 0 Å². The zero-order valence-electron chi connectivity index (χ0n) is 24.4. The topological polar surface area (TPSA) is 139 Å². The Bertz CT molecular complexity index is 1540. The molecule has 0 heterocycles. The molecule has 0 aromatic heterocycles. The molecule has 0 spiro atoms. The first-order valence-corrected chi connectivity index (χ1v) is 14.9. The maximum absolute atomic E-state index is 14.0. The van der Waals surface area contributed by atoms with Gasteiger partial charge in [0.05, 0.1) is 22.6 Å². The van der Waals surface area contributed by atoms with E-state index in [1.54, 1.807) is 19.1 Å². The Balaban J connectivity index is 2.09. The zero-order chi connectivity index (χ0) is 31.0. The van der Waals surface area contributed by atoms with Crippen molar-refractivity contribution in [3.05, 3.63) is 93.5 Å². The molecule has 3 aromatic rings. The monoisotopic (exact) mass is 596 g/mol. The molecule has 42 heavy (non-hydrogen) atoms. The molecule has 0 fully saturated rings. The fourth-order valence-electron chi connectivity index (χ4n) is 4.30. The van der Waals surface area contributed by atoms with Gasteiger partial charge in [0.2, 0.25) is 11.8 Å². The summed E-state index contributed by atoms with van der Waals surface area (Å²) in [7, 11) is -3.01. The minimum absolute atomic E-state index is 0.0682. The van der Waals surface area contributed by atoms with Crippen LogP contribution in [0.25, 0.3) is 0 Å². The van der Waals surface area contributed by atoms with Crippen LogP contribution in [0.4, 0.5) is 11.4 Å². The molecule has 3 aromatic carbocycles. The van der Waals surface area contributed by atoms with Gasteiger partial charge in [0.1, 0.15) is 18.3 Å². The molecule has 0 radical (unpaired) electrons. The molecule has 0 saturated heterocycles. The van der Waals surface area contributed by atoms with E-state index in [0.29, 0.717) is 24.3 Å². The lowest BCUT2D eigenvalue weighted by Crippen LogP contribution is -2.51. The van der Waals surface area contributed by atoms with E-state index < -0.39 is 33.4 Å². The SMILES string of the molecule is CCCNC(=O)[C@H](C)N(Cc1ccccc1C)C(=O)CN(c1ccc(OC)cc1)S(=O)(=O)c1ccc(C)c([N+](=O)[O-])c1. The summed E-state index contributed by atoms with van der Waals surface area (Å²) < 4.78 is 34.1. The summed E-state index contributed by atoms with van der Waals surface area (Å²) in [5.74, 6) is -0.527. The molecule has 0 bridgehead atoms. The molecule has 11 nitrogen and oxygen atoms in total. The van der Waals surface area contributed by atoms with Crippen molar-refractivity contribution in [3.63, 3.8) is 0 Å². The number of rotatable bonds is 13. The second-order valence-electron chi connectivity index (χ2n) is 9.83. The molecule has 2 amide bonds. The van der Waals surface area contributed by atoms with Gasteiger partial charge in [-0.25, -0.2) is 8.42 Å². The molecule has 3 rings (SSSR count). The standard InChI is InChI=1S/C30H36N4O7S/c1-6-17-31-30(36)23(4)32(19-24-10-8-7-9-21(24)2)29(35)20-33(25-12-14-26(41-5)15-13-25)42(39,40)27-16-11-22(3)28(18-27)34(37)38/h7-16,18,23H,6,17,19-20H2,1-5H3,(H,31,36)/t23-/m0/s1. The lowest BCUT2D eigenvalue weighted by atomic mass is 10.1. The first-order chi connectivity index (χ1) is 19.9. The fourth-order valence-corrected chi connectivity index (χ4v) is 5.74. The van der Waals surface area contributed by atoms with Crippen LogP contribution in [-0.2, 0) is 26.2 Å². The first-order valence-electron chi connectivity index (χ1n) is 13.4. The summed E-state index contributed by atoms with van der Waals surface area (Å²) >= 11 is 0. The van der Waals surface area contributed by atoms with Gasteiger partial charge in [0.25, 0.3) is 15.7 Å². The number of nitro groups is 1. The molecule has 0 aliphatic heterocycles. The van der Waals surface area contributed by atoms with Crippen molar-refractivity contribution in [3.8, 4) is 5.75 Å². The molecule has 0 aliphatic rings. The maximum atomic E-state index is 14.0. The van der Waals surface area contributed by atoms with E-state index in [2.05, 4.69) is 5.32 Å². The Labute approximate surface area is 246 Å². The van der Waals surface area contributed by atoms with Gasteiger partial charge in [-0.3, -0.25) is 24.0 Å². The quantitative estimate of drug-likeness (QED) is 0.228. The number of aryl methyl sites for hydroxylation is 2. The predicted octanol–water partition coefficient (Wildman–Crippen LogP) is 4.36. The van der Waals surface area contributed by atoms with Gasteiger partial charge >= 0.3 is 0 Å². The number of nitro benzene ring substituents is 1. The van der Waals surface area contributed by atoms with Crippen LogP contribution in [0.2, 0.25) is 0 Å². The molecule has 224 valence electrons. The Kier molecular flexibility index (Phi) is 10.6. The van der Waals surface area contributed by atoms with Gasteiger partial charge in [-0.15, -0.1) is 0 Å². The number of anilines is 1. The van der Waals surface area contributed by atoms with Gasteiger partial charge in [0.15, 0.2) is 0 Å². The van der Waals surface area contributed by atoms with Crippen molar-refractivity contribution >= 4 is 33.2 Å². The van der Waals surface area contributed by atoms with Crippen molar-refractivity contribution in [2.45, 2.75) is 51.6 Å². The number of nitrogens with zero attached hydrogens (tertiary/aromatic N) is 3. The third-order valence-corrected chi connectivity index (χ3v) is 8.69. The van der Waals surface area contributed by atoms with E-state index in [-0.39, 0.29) is 28.7 Å². The number of hydrogen-bond acceptors (Lipinski definition) is 7. The third-order valence-electron chi connectivity index (χ3n) is 6.92. The number of carbonyl (C=O) groups is 2. The number of benzene rings is 3. The van der Waals surface area contributed by atoms with Crippen LogP contribution in [0.1, 0.15) is 37.0 Å². The van der Waals surface area contributed by atoms with Crippen LogP contribution in [-0.4, -0.2) is 56.3 Å². The Morgan fingerprint density at radius 1 is 1.02 bits per heavy atom. The van der Waals surface area contributed by atoms with E-state index in [4.69, 9.17) is 4.74 Å². The number of amides is 2. The van der Waals surface area contributed by atoms with Gasteiger partial charge in [-0.1, -0.05) is 37.3 Å². The van der Waals surface area contributed by atoms with Crippen LogP contribution in [0.5, 0.6) is 5.75 Å². The summed E-state index contributed by atoms with van der Waals surface area (Å²) in [6.45, 7) is 6.73. The van der Waals surface area contributed by atoms with Crippen molar-refractivity contribution in [2.24, 2.45) is 0 Å². The highest BCUT2D eigenvalue weighted by atomic mass is 32.2. The fraction of sp³-hybridized carbons (Fsp3) is 0.333. The minimum atomic E-state index is -4.48. The molecule has 1 N–H and O–H groups in total. The summed E-state index contributed by atoms with van der Waals surface area (Å²) in [5.41, 5.74) is 1.78. The van der Waals surface area contributed by atoms with E-state index >= 15 is 0 Å². The van der Waals surface area contributed by atoms with Crippen LogP contribution >= 0.6 is 0 Å². The highest BCUT2D eigenvalue weighted by Gasteiger charge is 2.33. The zero-order valence-corrected chi connectivity index (χ0v) is 25.2. The summed E-state index contributed by atoms with van der Waals surface area (Å²) in [5, 5.41) is 14.4. The summed E-state index contributed by atoms with van der Waals surface area (Å²) in [6.07, 6.45) is 0.705. The van der Waals surface area contributed by atoms with Crippen LogP contribution < -0.4 is 14.4 Å². The van der Waals surface area contributed by atoms with Gasteiger partial charge in [-0.05, 0) is 68.7 Å². The van der Waals surface area contributed by atoms with E-state index in [0.717, 1.165) is 21.5 Å². The Morgan fingerprint density at radius 3 is 2.29 bits per heavy atom. The molecule has 12 heteroatoms. The molecule has 0 aliphatic carbocycles. The van der Waals surface area contributed by atoms with Crippen molar-refractivity contribution in [1.29, 1.82) is 0 Å². The van der Waals surface area contributed by atoms with E-state index in [1.807, 2.05) is 38.1 Å². The number of nitrogens with one attached hydrogen (secondary N) is 1. The number of ether oxygens (including phenoxy) is 1. The minimum Gasteiger partial charge on any atom is -0.497 e. The number of hydrogen-bond donors (Lipinski definition) is 1. The Hall–Kier alpha value is -4.45. The van der Waals surface area contributed by atoms with Crippen LogP contribution in [0, 0.1) is 24.0 Å².